The highest BCUT2D eigenvalue weighted by Gasteiger charge is 2.16. The number of fused-ring (bicyclic) bond motifs is 1. The molecular formula is C16H17N. The van der Waals surface area contributed by atoms with Gasteiger partial charge < -0.3 is 0 Å². The van der Waals surface area contributed by atoms with Crippen LogP contribution in [0.3, 0.4) is 0 Å². The summed E-state index contributed by atoms with van der Waals surface area (Å²) in [5, 5.41) is 0. The highest BCUT2D eigenvalue weighted by atomic mass is 14.8. The molecule has 1 unspecified atom stereocenters. The quantitative estimate of drug-likeness (QED) is 0.688. The predicted molar refractivity (Wildman–Crippen MR) is 72.3 cm³/mol. The summed E-state index contributed by atoms with van der Waals surface area (Å²) in [6.07, 6.45) is 9.83. The van der Waals surface area contributed by atoms with E-state index in [1.807, 2.05) is 0 Å². The van der Waals surface area contributed by atoms with Crippen molar-refractivity contribution in [3.8, 4) is 0 Å². The summed E-state index contributed by atoms with van der Waals surface area (Å²) in [6, 6.07) is 8.66. The molecule has 0 amide bonds. The summed E-state index contributed by atoms with van der Waals surface area (Å²) in [5.74, 6) is 0.666. The van der Waals surface area contributed by atoms with Gasteiger partial charge in [0.15, 0.2) is 0 Å². The van der Waals surface area contributed by atoms with Gasteiger partial charge in [-0.15, -0.1) is 0 Å². The molecule has 0 saturated carbocycles. The minimum absolute atomic E-state index is 0.666. The Bertz CT molecular complexity index is 493. The zero-order valence-corrected chi connectivity index (χ0v) is 10.2. The molecule has 1 atom stereocenters. The average molecular weight is 223 g/mol. The highest BCUT2D eigenvalue weighted by molar-refractivity contribution is 5.93. The van der Waals surface area contributed by atoms with Crippen LogP contribution in [0.5, 0.6) is 0 Å². The van der Waals surface area contributed by atoms with Crippen molar-refractivity contribution in [2.45, 2.75) is 26.2 Å². The summed E-state index contributed by atoms with van der Waals surface area (Å²) in [5.41, 5.74) is 5.34. The zero-order chi connectivity index (χ0) is 11.7. The molecule has 1 aromatic rings. The molecule has 3 rings (SSSR count). The minimum atomic E-state index is 0.666. The van der Waals surface area contributed by atoms with E-state index in [4.69, 9.17) is 4.99 Å². The molecule has 1 aromatic carbocycles. The summed E-state index contributed by atoms with van der Waals surface area (Å²) in [6.45, 7) is 2.24. The van der Waals surface area contributed by atoms with Gasteiger partial charge in [-0.3, -0.25) is 4.99 Å². The summed E-state index contributed by atoms with van der Waals surface area (Å²) < 4.78 is 0. The Hall–Kier alpha value is -1.63. The van der Waals surface area contributed by atoms with Crippen LogP contribution in [0.1, 0.15) is 24.5 Å². The van der Waals surface area contributed by atoms with E-state index >= 15 is 0 Å². The number of hydrogen-bond acceptors (Lipinski definition) is 1. The Balaban J connectivity index is 1.79. The van der Waals surface area contributed by atoms with Crippen LogP contribution in [0.2, 0.25) is 0 Å². The molecule has 0 N–H and O–H groups in total. The van der Waals surface area contributed by atoms with Crippen molar-refractivity contribution in [2.24, 2.45) is 10.9 Å². The van der Waals surface area contributed by atoms with Gasteiger partial charge >= 0.3 is 0 Å². The topological polar surface area (TPSA) is 12.4 Å². The van der Waals surface area contributed by atoms with Crippen LogP contribution >= 0.6 is 0 Å². The predicted octanol–water partition coefficient (Wildman–Crippen LogP) is 3.71. The van der Waals surface area contributed by atoms with Crippen molar-refractivity contribution in [3.63, 3.8) is 0 Å². The number of rotatable bonds is 1. The van der Waals surface area contributed by atoms with Gasteiger partial charge in [-0.05, 0) is 29.5 Å². The Morgan fingerprint density at radius 2 is 1.82 bits per heavy atom. The van der Waals surface area contributed by atoms with E-state index in [0.717, 1.165) is 25.0 Å². The van der Waals surface area contributed by atoms with Gasteiger partial charge in [0.1, 0.15) is 0 Å². The van der Waals surface area contributed by atoms with Crippen LogP contribution in [0.15, 0.2) is 53.2 Å². The Labute approximate surface area is 103 Å². The van der Waals surface area contributed by atoms with Gasteiger partial charge in [-0.2, -0.15) is 0 Å². The fraction of sp³-hybridized carbons (Fsp3) is 0.312. The molecule has 86 valence electrons. The van der Waals surface area contributed by atoms with E-state index in [2.05, 4.69) is 49.4 Å². The van der Waals surface area contributed by atoms with E-state index < -0.39 is 0 Å². The molecule has 0 radical (unpaired) electrons. The molecule has 1 nitrogen and oxygen atoms in total. The summed E-state index contributed by atoms with van der Waals surface area (Å²) >= 11 is 0. The van der Waals surface area contributed by atoms with Gasteiger partial charge in [-0.25, -0.2) is 0 Å². The largest absolute Gasteiger partial charge is 0.257 e. The van der Waals surface area contributed by atoms with E-state index in [1.165, 1.54) is 16.8 Å². The fourth-order valence-electron chi connectivity index (χ4n) is 2.47. The third-order valence-corrected chi connectivity index (χ3v) is 3.49. The zero-order valence-electron chi connectivity index (χ0n) is 10.2. The van der Waals surface area contributed by atoms with Gasteiger partial charge in [0.25, 0.3) is 0 Å². The molecule has 0 aromatic heterocycles. The van der Waals surface area contributed by atoms with Gasteiger partial charge in [0, 0.05) is 18.6 Å². The SMILES string of the molecule is CC1C=CC(N=C2Cc3ccccc3C2)=CC1. The van der Waals surface area contributed by atoms with Crippen molar-refractivity contribution in [1.82, 2.24) is 0 Å². The van der Waals surface area contributed by atoms with Crippen LogP contribution in [0.25, 0.3) is 0 Å². The lowest BCUT2D eigenvalue weighted by Gasteiger charge is -2.08. The lowest BCUT2D eigenvalue weighted by molar-refractivity contribution is 0.730. The lowest BCUT2D eigenvalue weighted by atomic mass is 10.0. The molecule has 0 aliphatic heterocycles. The standard InChI is InChI=1S/C16H17N/c1-12-6-8-15(9-7-12)17-16-10-13-4-2-3-5-14(13)11-16/h2-6,8-9,12H,7,10-11H2,1H3. The van der Waals surface area contributed by atoms with Crippen molar-refractivity contribution < 1.29 is 0 Å². The number of allylic oxidation sites excluding steroid dienone is 3. The van der Waals surface area contributed by atoms with Gasteiger partial charge in [0.05, 0.1) is 5.70 Å². The summed E-state index contributed by atoms with van der Waals surface area (Å²) in [4.78, 5) is 4.78. The maximum absolute atomic E-state index is 4.78. The maximum Gasteiger partial charge on any atom is 0.0586 e. The van der Waals surface area contributed by atoms with Crippen LogP contribution in [0, 0.1) is 5.92 Å². The molecule has 0 saturated heterocycles. The second-order valence-electron chi connectivity index (χ2n) is 5.00. The first-order valence-electron chi connectivity index (χ1n) is 6.33. The summed E-state index contributed by atoms with van der Waals surface area (Å²) in [7, 11) is 0. The van der Waals surface area contributed by atoms with Crippen molar-refractivity contribution in [1.29, 1.82) is 0 Å². The third kappa shape index (κ3) is 2.23. The lowest BCUT2D eigenvalue weighted by Crippen LogP contribution is -1.99. The average Bonchev–Trinajstić information content (AvgIpc) is 2.74. The first kappa shape index (κ1) is 10.5. The number of hydrogen-bond donors (Lipinski definition) is 0. The van der Waals surface area contributed by atoms with E-state index in [0.29, 0.717) is 5.92 Å². The molecule has 1 heteroatoms. The van der Waals surface area contributed by atoms with Gasteiger partial charge in [-0.1, -0.05) is 43.3 Å². The van der Waals surface area contributed by atoms with Crippen LogP contribution in [-0.4, -0.2) is 5.71 Å². The molecule has 0 heterocycles. The van der Waals surface area contributed by atoms with E-state index in [9.17, 15) is 0 Å². The normalized spacial score (nSPS) is 22.3. The maximum atomic E-state index is 4.78. The third-order valence-electron chi connectivity index (χ3n) is 3.49. The first-order valence-corrected chi connectivity index (χ1v) is 6.33. The molecule has 2 aliphatic carbocycles. The van der Waals surface area contributed by atoms with Crippen LogP contribution in [-0.2, 0) is 12.8 Å². The number of nitrogens with zero attached hydrogens (tertiary/aromatic N) is 1. The van der Waals surface area contributed by atoms with Gasteiger partial charge in [0.2, 0.25) is 0 Å². The van der Waals surface area contributed by atoms with Crippen LogP contribution in [0.4, 0.5) is 0 Å². The highest BCUT2D eigenvalue weighted by Crippen LogP contribution is 2.22. The van der Waals surface area contributed by atoms with Crippen LogP contribution < -0.4 is 0 Å². The molecular weight excluding hydrogens is 206 g/mol. The number of aliphatic imine (C=N–C) groups is 1. The molecule has 0 fully saturated rings. The Kier molecular flexibility index (Phi) is 2.68. The fourth-order valence-corrected chi connectivity index (χ4v) is 2.47. The van der Waals surface area contributed by atoms with E-state index in [-0.39, 0.29) is 0 Å². The second kappa shape index (κ2) is 4.33. The monoisotopic (exact) mass is 223 g/mol. The molecule has 0 spiro atoms. The smallest absolute Gasteiger partial charge is 0.0586 e. The molecule has 2 aliphatic rings. The van der Waals surface area contributed by atoms with Crippen molar-refractivity contribution >= 4 is 5.71 Å². The molecule has 17 heavy (non-hydrogen) atoms. The first-order chi connectivity index (χ1) is 8.31. The minimum Gasteiger partial charge on any atom is -0.257 e. The van der Waals surface area contributed by atoms with Crippen molar-refractivity contribution in [3.05, 3.63) is 59.3 Å². The van der Waals surface area contributed by atoms with Crippen molar-refractivity contribution in [2.75, 3.05) is 0 Å². The second-order valence-corrected chi connectivity index (χ2v) is 5.00. The number of benzene rings is 1. The Morgan fingerprint density at radius 1 is 1.12 bits per heavy atom. The molecule has 0 bridgehead atoms. The Morgan fingerprint density at radius 3 is 2.41 bits per heavy atom. The van der Waals surface area contributed by atoms with E-state index in [1.54, 1.807) is 0 Å².